The molecule has 1 aromatic heterocycles. The maximum absolute atomic E-state index is 12.7. The Bertz CT molecular complexity index is 1000. The fraction of sp³-hybridized carbons (Fsp3) is 0.435. The van der Waals surface area contributed by atoms with Crippen LogP contribution in [0.2, 0.25) is 0 Å². The third-order valence-electron chi connectivity index (χ3n) is 5.46. The molecule has 0 saturated carbocycles. The van der Waals surface area contributed by atoms with Crippen LogP contribution < -0.4 is 5.32 Å². The van der Waals surface area contributed by atoms with E-state index >= 15 is 0 Å². The van der Waals surface area contributed by atoms with Crippen LogP contribution in [-0.2, 0) is 17.7 Å². The SMILES string of the molecule is COCCC(C#N)N1Cc2cc(C(=O)Nc3cncc(CC(F)(F)F)c3)ccc2[C@@H](C)C1. The fourth-order valence-electron chi connectivity index (χ4n) is 3.98. The van der Waals surface area contributed by atoms with Crippen LogP contribution in [0.1, 0.15) is 46.3 Å². The molecule has 6 nitrogen and oxygen atoms in total. The molecule has 0 fully saturated rings. The van der Waals surface area contributed by atoms with Crippen molar-refractivity contribution < 1.29 is 22.7 Å². The number of hydrogen-bond acceptors (Lipinski definition) is 5. The van der Waals surface area contributed by atoms with Gasteiger partial charge in [0.15, 0.2) is 0 Å². The molecular weight excluding hydrogens is 421 g/mol. The molecule has 2 atom stereocenters. The van der Waals surface area contributed by atoms with Gasteiger partial charge in [-0.3, -0.25) is 14.7 Å². The Hall–Kier alpha value is -2.96. The minimum atomic E-state index is -4.35. The summed E-state index contributed by atoms with van der Waals surface area (Å²) in [6.45, 7) is 3.83. The van der Waals surface area contributed by atoms with Crippen molar-refractivity contribution >= 4 is 11.6 Å². The van der Waals surface area contributed by atoms with Crippen molar-refractivity contribution in [1.82, 2.24) is 9.88 Å². The number of alkyl halides is 3. The number of aromatic nitrogens is 1. The fourth-order valence-corrected chi connectivity index (χ4v) is 3.98. The van der Waals surface area contributed by atoms with E-state index in [0.717, 1.165) is 23.9 Å². The average molecular weight is 446 g/mol. The van der Waals surface area contributed by atoms with Crippen LogP contribution >= 0.6 is 0 Å². The highest BCUT2D eigenvalue weighted by atomic mass is 19.4. The van der Waals surface area contributed by atoms with Gasteiger partial charge in [0.1, 0.15) is 6.04 Å². The number of methoxy groups -OCH3 is 1. The van der Waals surface area contributed by atoms with E-state index in [9.17, 15) is 23.2 Å². The zero-order valence-electron chi connectivity index (χ0n) is 17.9. The van der Waals surface area contributed by atoms with Gasteiger partial charge in [-0.2, -0.15) is 18.4 Å². The summed E-state index contributed by atoms with van der Waals surface area (Å²) < 4.78 is 43.0. The minimum absolute atomic E-state index is 0.0242. The van der Waals surface area contributed by atoms with Gasteiger partial charge in [-0.05, 0) is 47.2 Å². The second kappa shape index (κ2) is 10.1. The molecule has 9 heteroatoms. The van der Waals surface area contributed by atoms with Gasteiger partial charge in [0.05, 0.1) is 24.4 Å². The Balaban J connectivity index is 1.76. The zero-order chi connectivity index (χ0) is 23.3. The number of pyridine rings is 1. The smallest absolute Gasteiger partial charge is 0.385 e. The molecule has 0 radical (unpaired) electrons. The largest absolute Gasteiger partial charge is 0.393 e. The van der Waals surface area contributed by atoms with Gasteiger partial charge in [0, 0.05) is 38.6 Å². The molecule has 0 bridgehead atoms. The van der Waals surface area contributed by atoms with Crippen LogP contribution in [0.4, 0.5) is 18.9 Å². The first-order valence-electron chi connectivity index (χ1n) is 10.3. The lowest BCUT2D eigenvalue weighted by Crippen LogP contribution is -2.40. The van der Waals surface area contributed by atoms with Crippen molar-refractivity contribution in [2.45, 2.75) is 44.4 Å². The second-order valence-electron chi connectivity index (χ2n) is 8.00. The summed E-state index contributed by atoms with van der Waals surface area (Å²) in [7, 11) is 1.60. The summed E-state index contributed by atoms with van der Waals surface area (Å²) in [5.74, 6) is -0.239. The molecule has 170 valence electrons. The van der Waals surface area contributed by atoms with Crippen molar-refractivity contribution in [3.8, 4) is 6.07 Å². The molecule has 1 amide bonds. The minimum Gasteiger partial charge on any atom is -0.385 e. The van der Waals surface area contributed by atoms with Crippen LogP contribution in [0.15, 0.2) is 36.7 Å². The lowest BCUT2D eigenvalue weighted by atomic mass is 9.88. The average Bonchev–Trinajstić information content (AvgIpc) is 2.73. The van der Waals surface area contributed by atoms with Gasteiger partial charge in [-0.15, -0.1) is 0 Å². The molecule has 0 aliphatic carbocycles. The van der Waals surface area contributed by atoms with Crippen molar-refractivity contribution in [3.05, 3.63) is 58.9 Å². The molecule has 0 saturated heterocycles. The van der Waals surface area contributed by atoms with Crippen LogP contribution in [0.3, 0.4) is 0 Å². The number of rotatable bonds is 7. The lowest BCUT2D eigenvalue weighted by molar-refractivity contribution is -0.127. The van der Waals surface area contributed by atoms with E-state index in [1.165, 1.54) is 12.3 Å². The van der Waals surface area contributed by atoms with Crippen LogP contribution in [0, 0.1) is 11.3 Å². The Kier molecular flexibility index (Phi) is 7.48. The molecule has 1 N–H and O–H groups in total. The van der Waals surface area contributed by atoms with Gasteiger partial charge in [0.25, 0.3) is 5.91 Å². The predicted octanol–water partition coefficient (Wildman–Crippen LogP) is 4.29. The number of anilines is 1. The number of nitriles is 1. The Morgan fingerprint density at radius 2 is 2.16 bits per heavy atom. The lowest BCUT2D eigenvalue weighted by Gasteiger charge is -2.36. The number of hydrogen-bond donors (Lipinski definition) is 1. The molecule has 32 heavy (non-hydrogen) atoms. The first kappa shape index (κ1) is 23.7. The van der Waals surface area contributed by atoms with E-state index in [-0.39, 0.29) is 23.2 Å². The first-order valence-corrected chi connectivity index (χ1v) is 10.3. The van der Waals surface area contributed by atoms with Crippen molar-refractivity contribution in [3.63, 3.8) is 0 Å². The van der Waals surface area contributed by atoms with Gasteiger partial charge in [0.2, 0.25) is 0 Å². The number of nitrogens with one attached hydrogen (secondary N) is 1. The summed E-state index contributed by atoms with van der Waals surface area (Å²) in [4.78, 5) is 18.6. The van der Waals surface area contributed by atoms with E-state index in [4.69, 9.17) is 4.74 Å². The number of halogens is 3. The highest BCUT2D eigenvalue weighted by Crippen LogP contribution is 2.31. The second-order valence-corrected chi connectivity index (χ2v) is 8.00. The molecule has 1 aromatic carbocycles. The van der Waals surface area contributed by atoms with Crippen molar-refractivity contribution in [2.24, 2.45) is 0 Å². The van der Waals surface area contributed by atoms with Gasteiger partial charge < -0.3 is 10.1 Å². The Morgan fingerprint density at radius 1 is 1.38 bits per heavy atom. The highest BCUT2D eigenvalue weighted by Gasteiger charge is 2.29. The third kappa shape index (κ3) is 6.05. The molecule has 1 aliphatic rings. The number of ether oxygens (including phenoxy) is 1. The number of fused-ring (bicyclic) bond motifs is 1. The van der Waals surface area contributed by atoms with E-state index in [1.54, 1.807) is 19.2 Å². The zero-order valence-corrected chi connectivity index (χ0v) is 17.9. The normalized spacial score (nSPS) is 17.3. The molecule has 3 rings (SSSR count). The summed E-state index contributed by atoms with van der Waals surface area (Å²) in [5.41, 5.74) is 2.65. The van der Waals surface area contributed by atoms with Crippen LogP contribution in [0.25, 0.3) is 0 Å². The topological polar surface area (TPSA) is 78.2 Å². The molecule has 2 heterocycles. The number of benzene rings is 1. The van der Waals surface area contributed by atoms with Crippen molar-refractivity contribution in [2.75, 3.05) is 25.6 Å². The molecule has 0 spiro atoms. The third-order valence-corrected chi connectivity index (χ3v) is 5.46. The monoisotopic (exact) mass is 446 g/mol. The molecule has 1 aliphatic heterocycles. The quantitative estimate of drug-likeness (QED) is 0.687. The summed E-state index contributed by atoms with van der Waals surface area (Å²) in [6.07, 6.45) is -2.42. The number of nitrogens with zero attached hydrogens (tertiary/aromatic N) is 3. The van der Waals surface area contributed by atoms with Gasteiger partial charge in [-0.1, -0.05) is 13.0 Å². The predicted molar refractivity (Wildman–Crippen MR) is 113 cm³/mol. The number of amides is 1. The van der Waals surface area contributed by atoms with Crippen LogP contribution in [0.5, 0.6) is 0 Å². The Morgan fingerprint density at radius 3 is 2.84 bits per heavy atom. The molecule has 2 aromatic rings. The van der Waals surface area contributed by atoms with E-state index in [1.807, 2.05) is 6.07 Å². The van der Waals surface area contributed by atoms with E-state index in [0.29, 0.717) is 25.1 Å². The standard InChI is InChI=1S/C23H25F3N4O2/c1-15-13-30(20(10-27)5-6-32-2)14-18-8-17(3-4-21(15)18)22(31)29-19-7-16(11-28-12-19)9-23(24,25)26/h3-4,7-8,11-12,15,20H,5-6,9,13-14H2,1-2H3,(H,29,31)/t15-,20?/m0/s1. The van der Waals surface area contributed by atoms with E-state index in [2.05, 4.69) is 28.2 Å². The number of carbonyl (C=O) groups is 1. The van der Waals surface area contributed by atoms with Gasteiger partial charge in [-0.25, -0.2) is 0 Å². The van der Waals surface area contributed by atoms with Crippen LogP contribution in [-0.4, -0.2) is 48.3 Å². The van der Waals surface area contributed by atoms with Gasteiger partial charge >= 0.3 is 6.18 Å². The van der Waals surface area contributed by atoms with E-state index < -0.39 is 18.5 Å². The first-order chi connectivity index (χ1) is 15.2. The molecule has 1 unspecified atom stereocenters. The molecular formula is C23H25F3N4O2. The summed E-state index contributed by atoms with van der Waals surface area (Å²) in [6, 6.07) is 8.71. The number of carbonyl (C=O) groups excluding carboxylic acids is 1. The van der Waals surface area contributed by atoms with Crippen molar-refractivity contribution in [1.29, 1.82) is 5.26 Å². The summed E-state index contributed by atoms with van der Waals surface area (Å²) >= 11 is 0. The highest BCUT2D eigenvalue weighted by molar-refractivity contribution is 6.04. The Labute approximate surface area is 185 Å². The maximum Gasteiger partial charge on any atom is 0.393 e. The summed E-state index contributed by atoms with van der Waals surface area (Å²) in [5, 5.41) is 12.2. The maximum atomic E-state index is 12.7.